The van der Waals surface area contributed by atoms with E-state index in [-0.39, 0.29) is 11.2 Å². The first-order valence-electron chi connectivity index (χ1n) is 12.0. The van der Waals surface area contributed by atoms with Crippen LogP contribution in [0.4, 0.5) is 5.95 Å². The van der Waals surface area contributed by atoms with Crippen molar-refractivity contribution in [2.75, 3.05) is 37.7 Å². The Morgan fingerprint density at radius 2 is 1.85 bits per heavy atom. The van der Waals surface area contributed by atoms with E-state index in [1.54, 1.807) is 12.1 Å². The zero-order valence-electron chi connectivity index (χ0n) is 19.2. The molecule has 182 valence electrons. The number of hydrogen-bond donors (Lipinski definition) is 0. The molecule has 0 spiro atoms. The fraction of sp³-hybridized carbons (Fsp3) is 0.727. The molecule has 5 heterocycles. The van der Waals surface area contributed by atoms with E-state index in [1.807, 2.05) is 0 Å². The van der Waals surface area contributed by atoms with Gasteiger partial charge in [0, 0.05) is 32.8 Å². The smallest absolute Gasteiger partial charge is 0.276 e. The van der Waals surface area contributed by atoms with Gasteiger partial charge in [-0.05, 0) is 56.6 Å². The molecular weight excluding hydrogens is 462 g/mol. The van der Waals surface area contributed by atoms with E-state index >= 15 is 0 Å². The molecule has 3 saturated heterocycles. The zero-order valence-corrected chi connectivity index (χ0v) is 20.8. The van der Waals surface area contributed by atoms with E-state index in [2.05, 4.69) is 26.6 Å². The average molecular weight is 496 g/mol. The molecule has 9 nitrogen and oxygen atoms in total. The number of anilines is 1. The Kier molecular flexibility index (Phi) is 7.01. The molecule has 1 unspecified atom stereocenters. The van der Waals surface area contributed by atoms with E-state index in [1.165, 1.54) is 16.1 Å². The van der Waals surface area contributed by atoms with Crippen LogP contribution in [-0.2, 0) is 27.1 Å². The zero-order chi connectivity index (χ0) is 22.8. The first-order chi connectivity index (χ1) is 16.0. The van der Waals surface area contributed by atoms with Crippen LogP contribution in [0.25, 0.3) is 0 Å². The molecule has 3 aliphatic heterocycles. The number of aromatic nitrogens is 3. The van der Waals surface area contributed by atoms with Crippen LogP contribution in [0.3, 0.4) is 0 Å². The molecule has 0 N–H and O–H groups in total. The van der Waals surface area contributed by atoms with Gasteiger partial charge in [0.15, 0.2) is 5.16 Å². The van der Waals surface area contributed by atoms with Crippen molar-refractivity contribution >= 4 is 27.7 Å². The Bertz CT molecular complexity index is 1030. The molecule has 3 fully saturated rings. The van der Waals surface area contributed by atoms with Gasteiger partial charge in [-0.3, -0.25) is 4.57 Å². The highest BCUT2D eigenvalue weighted by atomic mass is 32.2. The molecule has 1 atom stereocenters. The fourth-order valence-electron chi connectivity index (χ4n) is 4.75. The molecule has 5 rings (SSSR count). The van der Waals surface area contributed by atoms with Crippen molar-refractivity contribution in [3.8, 4) is 0 Å². The SMILES string of the molecule is CC1CCN(c2nnc(SCc3ccc(S(=O)(=O)N4CCCC4)o3)n2CC2CCCO2)CC1. The van der Waals surface area contributed by atoms with Crippen molar-refractivity contribution in [2.24, 2.45) is 5.92 Å². The maximum absolute atomic E-state index is 12.8. The minimum absolute atomic E-state index is 0.0314. The molecule has 0 radical (unpaired) electrons. The van der Waals surface area contributed by atoms with Gasteiger partial charge >= 0.3 is 0 Å². The number of nitrogens with zero attached hydrogens (tertiary/aromatic N) is 5. The summed E-state index contributed by atoms with van der Waals surface area (Å²) in [4.78, 5) is 2.33. The maximum Gasteiger partial charge on any atom is 0.276 e. The first-order valence-corrected chi connectivity index (χ1v) is 14.4. The molecule has 0 amide bonds. The molecule has 11 heteroatoms. The minimum Gasteiger partial charge on any atom is -0.447 e. The van der Waals surface area contributed by atoms with Crippen molar-refractivity contribution in [3.05, 3.63) is 17.9 Å². The predicted molar refractivity (Wildman–Crippen MR) is 126 cm³/mol. The lowest BCUT2D eigenvalue weighted by molar-refractivity contribution is 0.0951. The molecule has 2 aromatic rings. The summed E-state index contributed by atoms with van der Waals surface area (Å²) < 4.78 is 40.8. The monoisotopic (exact) mass is 495 g/mol. The number of hydrogen-bond acceptors (Lipinski definition) is 8. The van der Waals surface area contributed by atoms with Gasteiger partial charge in [0.05, 0.1) is 18.4 Å². The molecule has 0 bridgehead atoms. The quantitative estimate of drug-likeness (QED) is 0.515. The van der Waals surface area contributed by atoms with Gasteiger partial charge in [-0.1, -0.05) is 18.7 Å². The molecule has 0 aliphatic carbocycles. The lowest BCUT2D eigenvalue weighted by atomic mass is 10.00. The molecular formula is C22H33N5O4S2. The van der Waals surface area contributed by atoms with Crippen LogP contribution in [0.5, 0.6) is 0 Å². The summed E-state index contributed by atoms with van der Waals surface area (Å²) in [5.74, 6) is 2.78. The highest BCUT2D eigenvalue weighted by Crippen LogP contribution is 2.31. The lowest BCUT2D eigenvalue weighted by Crippen LogP contribution is -2.35. The third-order valence-electron chi connectivity index (χ3n) is 6.81. The van der Waals surface area contributed by atoms with E-state index in [4.69, 9.17) is 9.15 Å². The second-order valence-corrected chi connectivity index (χ2v) is 12.1. The Hall–Kier alpha value is -1.56. The predicted octanol–water partition coefficient (Wildman–Crippen LogP) is 3.36. The third kappa shape index (κ3) is 5.11. The molecule has 33 heavy (non-hydrogen) atoms. The number of rotatable bonds is 8. The minimum atomic E-state index is -3.54. The topological polar surface area (TPSA) is 93.7 Å². The molecule has 0 aromatic carbocycles. The standard InChI is InChI=1S/C22H33N5O4S2/c1-17-8-12-25(13-9-17)21-23-24-22(27(21)15-18-5-4-14-30-18)32-16-19-6-7-20(31-19)33(28,29)26-10-2-3-11-26/h6-7,17-18H,2-5,8-16H2,1H3. The van der Waals surface area contributed by atoms with Gasteiger partial charge in [-0.25, -0.2) is 8.42 Å². The van der Waals surface area contributed by atoms with E-state index in [9.17, 15) is 8.42 Å². The summed E-state index contributed by atoms with van der Waals surface area (Å²) in [6.45, 7) is 6.97. The molecule has 3 aliphatic rings. The number of piperidine rings is 1. The van der Waals surface area contributed by atoms with Crippen LogP contribution in [-0.4, -0.2) is 66.4 Å². The second kappa shape index (κ2) is 9.97. The van der Waals surface area contributed by atoms with E-state index in [0.29, 0.717) is 24.6 Å². The Labute approximate surface area is 199 Å². The summed E-state index contributed by atoms with van der Waals surface area (Å²) >= 11 is 1.53. The summed E-state index contributed by atoms with van der Waals surface area (Å²) in [7, 11) is -3.54. The average Bonchev–Trinajstić information content (AvgIpc) is 3.61. The number of sulfonamides is 1. The Morgan fingerprint density at radius 3 is 2.58 bits per heavy atom. The lowest BCUT2D eigenvalue weighted by Gasteiger charge is -2.31. The summed E-state index contributed by atoms with van der Waals surface area (Å²) in [6, 6.07) is 3.32. The van der Waals surface area contributed by atoms with Crippen LogP contribution < -0.4 is 4.90 Å². The van der Waals surface area contributed by atoms with Gasteiger partial charge in [0.25, 0.3) is 10.0 Å². The Balaban J connectivity index is 1.30. The van der Waals surface area contributed by atoms with Gasteiger partial charge in [-0.15, -0.1) is 10.2 Å². The maximum atomic E-state index is 12.8. The normalized spacial score (nSPS) is 23.1. The van der Waals surface area contributed by atoms with Crippen LogP contribution in [0.15, 0.2) is 26.8 Å². The second-order valence-electron chi connectivity index (χ2n) is 9.32. The summed E-state index contributed by atoms with van der Waals surface area (Å²) in [6.07, 6.45) is 6.46. The van der Waals surface area contributed by atoms with Crippen molar-refractivity contribution in [2.45, 2.75) is 74.1 Å². The van der Waals surface area contributed by atoms with Gasteiger partial charge < -0.3 is 14.1 Å². The van der Waals surface area contributed by atoms with Gasteiger partial charge in [-0.2, -0.15) is 4.31 Å². The van der Waals surface area contributed by atoms with Gasteiger partial charge in [0.1, 0.15) is 5.76 Å². The van der Waals surface area contributed by atoms with Crippen LogP contribution in [0, 0.1) is 5.92 Å². The summed E-state index contributed by atoms with van der Waals surface area (Å²) in [5, 5.41) is 9.89. The van der Waals surface area contributed by atoms with Crippen LogP contribution >= 0.6 is 11.8 Å². The molecule has 2 aromatic heterocycles. The van der Waals surface area contributed by atoms with Crippen molar-refractivity contribution in [1.82, 2.24) is 19.1 Å². The largest absolute Gasteiger partial charge is 0.447 e. The van der Waals surface area contributed by atoms with Crippen molar-refractivity contribution < 1.29 is 17.6 Å². The third-order valence-corrected chi connectivity index (χ3v) is 9.58. The number of furan rings is 1. The highest BCUT2D eigenvalue weighted by Gasteiger charge is 2.30. The van der Waals surface area contributed by atoms with E-state index < -0.39 is 10.0 Å². The van der Waals surface area contributed by atoms with E-state index in [0.717, 1.165) is 81.8 Å². The fourth-order valence-corrected chi connectivity index (χ4v) is 7.03. The first kappa shape index (κ1) is 23.2. The number of ether oxygens (including phenoxy) is 1. The van der Waals surface area contributed by atoms with Crippen LogP contribution in [0.1, 0.15) is 51.2 Å². The summed E-state index contributed by atoms with van der Waals surface area (Å²) in [5.41, 5.74) is 0. The van der Waals surface area contributed by atoms with Crippen LogP contribution in [0.2, 0.25) is 0 Å². The van der Waals surface area contributed by atoms with Crippen molar-refractivity contribution in [3.63, 3.8) is 0 Å². The van der Waals surface area contributed by atoms with Crippen molar-refractivity contribution in [1.29, 1.82) is 0 Å². The number of thioether (sulfide) groups is 1. The highest BCUT2D eigenvalue weighted by molar-refractivity contribution is 7.98. The van der Waals surface area contributed by atoms with Gasteiger partial charge in [0.2, 0.25) is 11.0 Å². The Morgan fingerprint density at radius 1 is 1.06 bits per heavy atom. The molecule has 0 saturated carbocycles.